The third kappa shape index (κ3) is 3.23. The van der Waals surface area contributed by atoms with Crippen LogP contribution in [0.3, 0.4) is 0 Å². The molecule has 21 heavy (non-hydrogen) atoms. The molecule has 1 amide bonds. The third-order valence-corrected chi connectivity index (χ3v) is 4.23. The molecule has 0 spiro atoms. The number of benzene rings is 1. The van der Waals surface area contributed by atoms with Gasteiger partial charge >= 0.3 is 5.97 Å². The van der Waals surface area contributed by atoms with E-state index in [9.17, 15) is 14.0 Å². The largest absolute Gasteiger partial charge is 0.481 e. The zero-order valence-electron chi connectivity index (χ0n) is 11.7. The van der Waals surface area contributed by atoms with E-state index in [-0.39, 0.29) is 23.7 Å². The van der Waals surface area contributed by atoms with Crippen molar-refractivity contribution in [1.29, 1.82) is 0 Å². The van der Waals surface area contributed by atoms with Crippen molar-refractivity contribution in [3.8, 4) is 0 Å². The minimum absolute atomic E-state index is 0.0405. The molecule has 0 heterocycles. The van der Waals surface area contributed by atoms with Gasteiger partial charge in [0.15, 0.2) is 0 Å². The molecule has 0 bridgehead atoms. The van der Waals surface area contributed by atoms with Crippen molar-refractivity contribution in [2.75, 3.05) is 6.54 Å². The van der Waals surface area contributed by atoms with E-state index in [1.807, 2.05) is 6.07 Å². The second-order valence-corrected chi connectivity index (χ2v) is 5.93. The van der Waals surface area contributed by atoms with Crippen molar-refractivity contribution in [3.63, 3.8) is 0 Å². The van der Waals surface area contributed by atoms with Crippen molar-refractivity contribution in [1.82, 2.24) is 4.90 Å². The Hall–Kier alpha value is -1.91. The predicted molar refractivity (Wildman–Crippen MR) is 74.1 cm³/mol. The lowest BCUT2D eigenvalue weighted by atomic mass is 10.1. The summed E-state index contributed by atoms with van der Waals surface area (Å²) in [6.07, 6.45) is 3.03. The molecule has 0 saturated heterocycles. The van der Waals surface area contributed by atoms with Crippen LogP contribution in [-0.2, 0) is 16.0 Å². The number of carboxylic acid groups (broad SMARTS) is 1. The fourth-order valence-corrected chi connectivity index (χ4v) is 2.75. The molecule has 2 saturated carbocycles. The normalized spacial score (nSPS) is 23.7. The summed E-state index contributed by atoms with van der Waals surface area (Å²) in [7, 11) is 0. The van der Waals surface area contributed by atoms with E-state index in [1.54, 1.807) is 11.0 Å². The maximum absolute atomic E-state index is 13.2. The van der Waals surface area contributed by atoms with E-state index in [0.717, 1.165) is 18.4 Å². The quantitative estimate of drug-likeness (QED) is 0.873. The summed E-state index contributed by atoms with van der Waals surface area (Å²) >= 11 is 0. The van der Waals surface area contributed by atoms with Gasteiger partial charge in [-0.1, -0.05) is 12.1 Å². The van der Waals surface area contributed by atoms with E-state index in [0.29, 0.717) is 19.4 Å². The molecule has 1 N–H and O–H groups in total. The number of halogens is 1. The highest BCUT2D eigenvalue weighted by molar-refractivity contribution is 5.89. The number of hydrogen-bond donors (Lipinski definition) is 1. The average Bonchev–Trinajstić information content (AvgIpc) is 3.31. The Labute approximate surface area is 122 Å². The SMILES string of the molecule is O=C(O)C1CC1C(=O)N(CCc1cccc(F)c1)C1CC1. The summed E-state index contributed by atoms with van der Waals surface area (Å²) < 4.78 is 13.2. The van der Waals surface area contributed by atoms with Gasteiger partial charge in [0.2, 0.25) is 5.91 Å². The van der Waals surface area contributed by atoms with Crippen LogP contribution in [0.15, 0.2) is 24.3 Å². The third-order valence-electron chi connectivity index (χ3n) is 4.23. The number of aliphatic carboxylic acids is 1. The molecule has 2 unspecified atom stereocenters. The number of amides is 1. The van der Waals surface area contributed by atoms with Crippen molar-refractivity contribution in [2.24, 2.45) is 11.8 Å². The summed E-state index contributed by atoms with van der Waals surface area (Å²) in [6, 6.07) is 6.63. The molecule has 0 aromatic heterocycles. The summed E-state index contributed by atoms with van der Waals surface area (Å²) in [5, 5.41) is 8.93. The average molecular weight is 291 g/mol. The molecule has 1 aromatic carbocycles. The summed E-state index contributed by atoms with van der Waals surface area (Å²) in [5.74, 6) is -2.05. The molecule has 2 atom stereocenters. The van der Waals surface area contributed by atoms with Crippen molar-refractivity contribution in [3.05, 3.63) is 35.6 Å². The first-order valence-electron chi connectivity index (χ1n) is 7.34. The van der Waals surface area contributed by atoms with Crippen LogP contribution in [0.25, 0.3) is 0 Å². The van der Waals surface area contributed by atoms with Gasteiger partial charge in [-0.2, -0.15) is 0 Å². The van der Waals surface area contributed by atoms with Crippen molar-refractivity contribution >= 4 is 11.9 Å². The van der Waals surface area contributed by atoms with Gasteiger partial charge in [0.1, 0.15) is 5.82 Å². The molecular formula is C16H18FNO3. The van der Waals surface area contributed by atoms with Crippen LogP contribution in [0.5, 0.6) is 0 Å². The zero-order valence-corrected chi connectivity index (χ0v) is 11.7. The molecule has 0 aliphatic heterocycles. The molecule has 1 aromatic rings. The number of carboxylic acids is 1. The van der Waals surface area contributed by atoms with E-state index in [4.69, 9.17) is 5.11 Å². The van der Waals surface area contributed by atoms with Gasteiger partial charge in [0, 0.05) is 12.6 Å². The fraction of sp³-hybridized carbons (Fsp3) is 0.500. The highest BCUT2D eigenvalue weighted by Crippen LogP contribution is 2.42. The molecule has 2 aliphatic carbocycles. The smallest absolute Gasteiger partial charge is 0.307 e. The molecular weight excluding hydrogens is 273 g/mol. The Morgan fingerprint density at radius 2 is 2.05 bits per heavy atom. The van der Waals surface area contributed by atoms with Gasteiger partial charge < -0.3 is 10.0 Å². The number of hydrogen-bond acceptors (Lipinski definition) is 2. The van der Waals surface area contributed by atoms with Crippen LogP contribution in [0.1, 0.15) is 24.8 Å². The maximum atomic E-state index is 13.2. The molecule has 2 fully saturated rings. The highest BCUT2D eigenvalue weighted by Gasteiger charge is 2.51. The van der Waals surface area contributed by atoms with Crippen LogP contribution >= 0.6 is 0 Å². The number of nitrogens with zero attached hydrogens (tertiary/aromatic N) is 1. The first kappa shape index (κ1) is 14.0. The van der Waals surface area contributed by atoms with Crippen molar-refractivity contribution < 1.29 is 19.1 Å². The standard InChI is InChI=1S/C16H18FNO3/c17-11-3-1-2-10(8-11)6-7-18(12-4-5-12)15(19)13-9-14(13)16(20)21/h1-3,8,12-14H,4-7,9H2,(H,20,21). The lowest BCUT2D eigenvalue weighted by Gasteiger charge is -2.22. The second kappa shape index (κ2) is 5.47. The topological polar surface area (TPSA) is 57.6 Å². The Bertz CT molecular complexity index is 570. The molecule has 3 rings (SSSR count). The molecule has 4 nitrogen and oxygen atoms in total. The molecule has 2 aliphatic rings. The van der Waals surface area contributed by atoms with Crippen LogP contribution in [0.2, 0.25) is 0 Å². The highest BCUT2D eigenvalue weighted by atomic mass is 19.1. The Morgan fingerprint density at radius 1 is 1.29 bits per heavy atom. The van der Waals surface area contributed by atoms with E-state index < -0.39 is 11.9 Å². The van der Waals surface area contributed by atoms with Crippen molar-refractivity contribution in [2.45, 2.75) is 31.7 Å². The first-order valence-corrected chi connectivity index (χ1v) is 7.34. The predicted octanol–water partition coefficient (Wildman–Crippen LogP) is 2.08. The zero-order chi connectivity index (χ0) is 15.0. The first-order chi connectivity index (χ1) is 10.1. The molecule has 5 heteroatoms. The number of carbonyl (C=O) groups is 2. The summed E-state index contributed by atoms with van der Waals surface area (Å²) in [5.41, 5.74) is 0.860. The molecule has 112 valence electrons. The van der Waals surface area contributed by atoms with Crippen LogP contribution in [0, 0.1) is 17.7 Å². The van der Waals surface area contributed by atoms with Gasteiger partial charge in [-0.05, 0) is 43.4 Å². The summed E-state index contributed by atoms with van der Waals surface area (Å²) in [6.45, 7) is 0.537. The van der Waals surface area contributed by atoms with Gasteiger partial charge in [-0.25, -0.2) is 4.39 Å². The second-order valence-electron chi connectivity index (χ2n) is 5.93. The minimum atomic E-state index is -0.880. The minimum Gasteiger partial charge on any atom is -0.481 e. The Kier molecular flexibility index (Phi) is 3.66. The molecule has 0 radical (unpaired) electrons. The Morgan fingerprint density at radius 3 is 2.62 bits per heavy atom. The Balaban J connectivity index is 1.60. The monoisotopic (exact) mass is 291 g/mol. The van der Waals surface area contributed by atoms with Crippen LogP contribution < -0.4 is 0 Å². The number of carbonyl (C=O) groups excluding carboxylic acids is 1. The van der Waals surface area contributed by atoms with Gasteiger partial charge in [-0.15, -0.1) is 0 Å². The van der Waals surface area contributed by atoms with Gasteiger partial charge in [0.25, 0.3) is 0 Å². The van der Waals surface area contributed by atoms with E-state index in [2.05, 4.69) is 0 Å². The summed E-state index contributed by atoms with van der Waals surface area (Å²) in [4.78, 5) is 25.1. The fourth-order valence-electron chi connectivity index (χ4n) is 2.75. The van der Waals surface area contributed by atoms with Gasteiger partial charge in [-0.3, -0.25) is 9.59 Å². The van der Waals surface area contributed by atoms with Crippen LogP contribution in [0.4, 0.5) is 4.39 Å². The number of rotatable bonds is 6. The lowest BCUT2D eigenvalue weighted by molar-refractivity contribution is -0.142. The van der Waals surface area contributed by atoms with E-state index >= 15 is 0 Å². The van der Waals surface area contributed by atoms with Gasteiger partial charge in [0.05, 0.1) is 11.8 Å². The maximum Gasteiger partial charge on any atom is 0.307 e. The van der Waals surface area contributed by atoms with E-state index in [1.165, 1.54) is 12.1 Å². The lowest BCUT2D eigenvalue weighted by Crippen LogP contribution is -2.36. The van der Waals surface area contributed by atoms with Crippen LogP contribution in [-0.4, -0.2) is 34.5 Å².